The molecule has 3 heterocycles. The van der Waals surface area contributed by atoms with Crippen molar-refractivity contribution in [1.29, 1.82) is 5.26 Å². The maximum Gasteiger partial charge on any atom is 0.223 e. The van der Waals surface area contributed by atoms with Gasteiger partial charge < -0.3 is 9.80 Å². The molecule has 0 N–H and O–H groups in total. The van der Waals surface area contributed by atoms with E-state index in [1.54, 1.807) is 23.7 Å². The Morgan fingerprint density at radius 1 is 1.12 bits per heavy atom. The molecule has 2 aliphatic rings. The zero-order valence-corrected chi connectivity index (χ0v) is 19.0. The number of hydrogen-bond donors (Lipinski definition) is 0. The Labute approximate surface area is 190 Å². The maximum absolute atomic E-state index is 12.9. The summed E-state index contributed by atoms with van der Waals surface area (Å²) in [5.41, 5.74) is 4.00. The quantitative estimate of drug-likeness (QED) is 0.573. The van der Waals surface area contributed by atoms with E-state index in [0.717, 1.165) is 18.5 Å². The standard InChI is InChI=1S/C23H22N4O3S2/c24-12-16-4-6-17(7-5-16)27-18-8-9-19(27)14-26(13-18)22(28)10-11-32(29,30)21-3-1-2-20-23(21)31-15-25-20/h1-7,15,18-19H,8-11,13-14H2/t18-,19+. The molecule has 164 valence electrons. The van der Waals surface area contributed by atoms with Crippen molar-refractivity contribution in [3.8, 4) is 6.07 Å². The van der Waals surface area contributed by atoms with Crippen molar-refractivity contribution in [1.82, 2.24) is 9.88 Å². The monoisotopic (exact) mass is 466 g/mol. The lowest BCUT2D eigenvalue weighted by atomic mass is 10.1. The van der Waals surface area contributed by atoms with Crippen LogP contribution in [0.2, 0.25) is 0 Å². The van der Waals surface area contributed by atoms with Crippen LogP contribution >= 0.6 is 11.3 Å². The molecule has 2 fully saturated rings. The van der Waals surface area contributed by atoms with Crippen LogP contribution in [0, 0.1) is 11.3 Å². The Morgan fingerprint density at radius 3 is 2.53 bits per heavy atom. The largest absolute Gasteiger partial charge is 0.362 e. The molecular weight excluding hydrogens is 444 g/mol. The summed E-state index contributed by atoms with van der Waals surface area (Å²) in [5, 5.41) is 9.02. The van der Waals surface area contributed by atoms with Crippen molar-refractivity contribution in [2.75, 3.05) is 23.7 Å². The Hall–Kier alpha value is -2.96. The van der Waals surface area contributed by atoms with Crippen molar-refractivity contribution in [3.63, 3.8) is 0 Å². The summed E-state index contributed by atoms with van der Waals surface area (Å²) in [6, 6.07) is 15.2. The third-order valence-electron chi connectivity index (χ3n) is 6.37. The molecular formula is C23H22N4O3S2. The van der Waals surface area contributed by atoms with E-state index in [1.165, 1.54) is 11.3 Å². The number of fused-ring (bicyclic) bond motifs is 3. The van der Waals surface area contributed by atoms with Crippen molar-refractivity contribution >= 4 is 43.0 Å². The van der Waals surface area contributed by atoms with E-state index in [0.29, 0.717) is 28.9 Å². The highest BCUT2D eigenvalue weighted by molar-refractivity contribution is 7.91. The molecule has 0 saturated carbocycles. The fraction of sp³-hybridized carbons (Fsp3) is 0.348. The van der Waals surface area contributed by atoms with Crippen LogP contribution in [0.5, 0.6) is 0 Å². The van der Waals surface area contributed by atoms with Gasteiger partial charge in [-0.15, -0.1) is 11.3 Å². The molecule has 0 aliphatic carbocycles. The Kier molecular flexibility index (Phi) is 5.35. The zero-order valence-electron chi connectivity index (χ0n) is 17.3. The Bertz CT molecular complexity index is 1300. The maximum atomic E-state index is 12.9. The van der Waals surface area contributed by atoms with Gasteiger partial charge in [0.1, 0.15) is 0 Å². The van der Waals surface area contributed by atoms with E-state index < -0.39 is 9.84 Å². The fourth-order valence-electron chi connectivity index (χ4n) is 4.83. The summed E-state index contributed by atoms with van der Waals surface area (Å²) >= 11 is 1.30. The smallest absolute Gasteiger partial charge is 0.223 e. The van der Waals surface area contributed by atoms with Gasteiger partial charge in [0.15, 0.2) is 9.84 Å². The van der Waals surface area contributed by atoms with Gasteiger partial charge in [0, 0.05) is 37.3 Å². The van der Waals surface area contributed by atoms with Crippen molar-refractivity contribution in [2.45, 2.75) is 36.2 Å². The number of amides is 1. The predicted octanol–water partition coefficient (Wildman–Crippen LogP) is 3.21. The highest BCUT2D eigenvalue weighted by Crippen LogP contribution is 2.35. The minimum Gasteiger partial charge on any atom is -0.362 e. The molecule has 1 aromatic heterocycles. The van der Waals surface area contributed by atoms with Crippen LogP contribution in [0.3, 0.4) is 0 Å². The normalized spacial score (nSPS) is 20.5. The lowest BCUT2D eigenvalue weighted by Gasteiger charge is -2.42. The summed E-state index contributed by atoms with van der Waals surface area (Å²) in [6.07, 6.45) is 1.98. The number of carbonyl (C=O) groups is 1. The van der Waals surface area contributed by atoms with Gasteiger partial charge in [0.05, 0.1) is 38.0 Å². The van der Waals surface area contributed by atoms with Crippen LogP contribution in [-0.2, 0) is 14.6 Å². The molecule has 2 saturated heterocycles. The second-order valence-electron chi connectivity index (χ2n) is 8.28. The molecule has 9 heteroatoms. The zero-order chi connectivity index (χ0) is 22.3. The van der Waals surface area contributed by atoms with Crippen LogP contribution in [0.25, 0.3) is 10.2 Å². The third-order valence-corrected chi connectivity index (χ3v) is 9.13. The van der Waals surface area contributed by atoms with Crippen LogP contribution in [-0.4, -0.2) is 55.1 Å². The second kappa shape index (κ2) is 8.19. The van der Waals surface area contributed by atoms with Gasteiger partial charge >= 0.3 is 0 Å². The van der Waals surface area contributed by atoms with Crippen molar-refractivity contribution in [3.05, 3.63) is 53.5 Å². The summed E-state index contributed by atoms with van der Waals surface area (Å²) in [6.45, 7) is 1.19. The lowest BCUT2D eigenvalue weighted by Crippen LogP contribution is -2.55. The van der Waals surface area contributed by atoms with Gasteiger partial charge in [-0.1, -0.05) is 6.07 Å². The number of nitrogens with zero attached hydrogens (tertiary/aromatic N) is 4. The van der Waals surface area contributed by atoms with Gasteiger partial charge in [-0.3, -0.25) is 4.79 Å². The summed E-state index contributed by atoms with van der Waals surface area (Å²) in [5.74, 6) is -0.310. The molecule has 2 atom stereocenters. The minimum atomic E-state index is -3.58. The molecule has 0 unspecified atom stereocenters. The van der Waals surface area contributed by atoms with Gasteiger partial charge in [-0.2, -0.15) is 5.26 Å². The first-order chi connectivity index (χ1) is 15.5. The molecule has 0 radical (unpaired) electrons. The first-order valence-electron chi connectivity index (χ1n) is 10.6. The molecule has 3 aromatic rings. The highest BCUT2D eigenvalue weighted by Gasteiger charge is 2.41. The average molecular weight is 467 g/mol. The number of likely N-dealkylation sites (tertiary alicyclic amines) is 1. The SMILES string of the molecule is N#Cc1ccc(N2[C@@H]3CC[C@H]2CN(C(=O)CCS(=O)(=O)c2cccc4ncsc24)C3)cc1. The number of anilines is 1. The van der Waals surface area contributed by atoms with Crippen LogP contribution < -0.4 is 4.90 Å². The molecule has 5 rings (SSSR count). The first kappa shape index (κ1) is 20.9. The van der Waals surface area contributed by atoms with Crippen molar-refractivity contribution in [2.24, 2.45) is 0 Å². The average Bonchev–Trinajstić information content (AvgIpc) is 3.39. The summed E-state index contributed by atoms with van der Waals surface area (Å²) < 4.78 is 26.5. The molecule has 32 heavy (non-hydrogen) atoms. The van der Waals surface area contributed by atoms with E-state index >= 15 is 0 Å². The molecule has 2 bridgehead atoms. The topological polar surface area (TPSA) is 94.4 Å². The summed E-state index contributed by atoms with van der Waals surface area (Å²) in [7, 11) is -3.58. The molecule has 1 amide bonds. The molecule has 0 spiro atoms. The van der Waals surface area contributed by atoms with Crippen LogP contribution in [0.4, 0.5) is 5.69 Å². The number of aromatic nitrogens is 1. The second-order valence-corrected chi connectivity index (χ2v) is 11.2. The van der Waals surface area contributed by atoms with Gasteiger partial charge in [0.2, 0.25) is 5.91 Å². The minimum absolute atomic E-state index is 0.0200. The van der Waals surface area contributed by atoms with Gasteiger partial charge in [-0.05, 0) is 49.2 Å². The predicted molar refractivity (Wildman–Crippen MR) is 123 cm³/mol. The number of piperazine rings is 1. The molecule has 2 aromatic carbocycles. The highest BCUT2D eigenvalue weighted by atomic mass is 32.2. The number of thiazole rings is 1. The summed E-state index contributed by atoms with van der Waals surface area (Å²) in [4.78, 5) is 21.6. The third kappa shape index (κ3) is 3.74. The fourth-order valence-corrected chi connectivity index (χ4v) is 7.39. The molecule has 2 aliphatic heterocycles. The first-order valence-corrected chi connectivity index (χ1v) is 13.1. The lowest BCUT2D eigenvalue weighted by molar-refractivity contribution is -0.131. The van der Waals surface area contributed by atoms with Crippen LogP contribution in [0.15, 0.2) is 52.9 Å². The van der Waals surface area contributed by atoms with E-state index in [2.05, 4.69) is 16.0 Å². The number of hydrogen-bond acceptors (Lipinski definition) is 7. The number of sulfone groups is 1. The van der Waals surface area contributed by atoms with Gasteiger partial charge in [-0.25, -0.2) is 13.4 Å². The van der Waals surface area contributed by atoms with Crippen molar-refractivity contribution < 1.29 is 13.2 Å². The Balaban J connectivity index is 1.25. The van der Waals surface area contributed by atoms with E-state index in [1.807, 2.05) is 29.2 Å². The van der Waals surface area contributed by atoms with E-state index in [4.69, 9.17) is 5.26 Å². The number of rotatable bonds is 5. The number of benzene rings is 2. The molecule has 7 nitrogen and oxygen atoms in total. The number of nitriles is 1. The van der Waals surface area contributed by atoms with E-state index in [-0.39, 0.29) is 35.1 Å². The Morgan fingerprint density at radius 2 is 1.84 bits per heavy atom. The van der Waals surface area contributed by atoms with Crippen LogP contribution in [0.1, 0.15) is 24.8 Å². The van der Waals surface area contributed by atoms with E-state index in [9.17, 15) is 13.2 Å². The number of carbonyl (C=O) groups excluding carboxylic acids is 1. The van der Waals surface area contributed by atoms with Gasteiger partial charge in [0.25, 0.3) is 0 Å².